The van der Waals surface area contributed by atoms with Crippen LogP contribution in [0.3, 0.4) is 0 Å². The predicted octanol–water partition coefficient (Wildman–Crippen LogP) is 3.85. The maximum Gasteiger partial charge on any atom is 0.256 e. The number of nitrogens with one attached hydrogen (secondary N) is 1. The lowest BCUT2D eigenvalue weighted by atomic mass is 10.1. The molecule has 1 saturated heterocycles. The van der Waals surface area contributed by atoms with Crippen LogP contribution in [0, 0.1) is 13.8 Å². The first kappa shape index (κ1) is 17.3. The van der Waals surface area contributed by atoms with Crippen LogP contribution in [0.25, 0.3) is 10.9 Å². The summed E-state index contributed by atoms with van der Waals surface area (Å²) in [5.74, 6) is 0.148. The van der Waals surface area contributed by atoms with Gasteiger partial charge in [-0.2, -0.15) is 0 Å². The molecule has 3 aromatic rings. The molecule has 1 N–H and O–H groups in total. The molecule has 0 unspecified atom stereocenters. The first-order valence-electron chi connectivity index (χ1n) is 9.25. The van der Waals surface area contributed by atoms with Gasteiger partial charge >= 0.3 is 0 Å². The highest BCUT2D eigenvalue weighted by atomic mass is 32.1. The molecule has 0 saturated carbocycles. The summed E-state index contributed by atoms with van der Waals surface area (Å²) in [5.41, 5.74) is 4.14. The highest BCUT2D eigenvalue weighted by molar-refractivity contribution is 7.09. The van der Waals surface area contributed by atoms with Crippen molar-refractivity contribution in [1.82, 2.24) is 14.8 Å². The minimum Gasteiger partial charge on any atom is -0.358 e. The number of aromatic amines is 1. The van der Waals surface area contributed by atoms with Crippen LogP contribution in [-0.2, 0) is 6.42 Å². The van der Waals surface area contributed by atoms with Crippen LogP contribution in [-0.4, -0.2) is 53.4 Å². The summed E-state index contributed by atoms with van der Waals surface area (Å²) < 4.78 is 0. The lowest BCUT2D eigenvalue weighted by Crippen LogP contribution is -2.49. The quantitative estimate of drug-likeness (QED) is 0.761. The molecular weight excluding hydrogens is 342 g/mol. The molecule has 1 aromatic carbocycles. The van der Waals surface area contributed by atoms with Gasteiger partial charge in [0.1, 0.15) is 0 Å². The number of amides is 1. The SMILES string of the molecule is Cc1[nH]c2c(C(=O)N3CCN(CCc4cccs4)CC3)cccc2c1C. The number of piperazine rings is 1. The molecule has 0 radical (unpaired) electrons. The van der Waals surface area contributed by atoms with Gasteiger partial charge in [-0.25, -0.2) is 0 Å². The Morgan fingerprint density at radius 3 is 2.65 bits per heavy atom. The molecule has 0 aliphatic carbocycles. The third-order valence-corrected chi connectivity index (χ3v) is 6.42. The first-order valence-corrected chi connectivity index (χ1v) is 10.1. The second kappa shape index (κ2) is 7.25. The molecular formula is C21H25N3OS. The van der Waals surface area contributed by atoms with E-state index in [0.717, 1.165) is 61.3 Å². The number of thiophene rings is 1. The van der Waals surface area contributed by atoms with Crippen LogP contribution >= 0.6 is 11.3 Å². The van der Waals surface area contributed by atoms with E-state index in [2.05, 4.69) is 47.3 Å². The van der Waals surface area contributed by atoms with Gasteiger partial charge in [0.25, 0.3) is 5.91 Å². The number of carbonyl (C=O) groups is 1. The topological polar surface area (TPSA) is 39.3 Å². The summed E-state index contributed by atoms with van der Waals surface area (Å²) in [6.45, 7) is 8.76. The van der Waals surface area contributed by atoms with E-state index in [1.807, 2.05) is 28.4 Å². The van der Waals surface area contributed by atoms with Gasteiger partial charge in [-0.15, -0.1) is 11.3 Å². The van der Waals surface area contributed by atoms with E-state index in [1.54, 1.807) is 0 Å². The Morgan fingerprint density at radius 2 is 1.92 bits per heavy atom. The monoisotopic (exact) mass is 367 g/mol. The smallest absolute Gasteiger partial charge is 0.256 e. The number of benzene rings is 1. The minimum absolute atomic E-state index is 0.148. The Morgan fingerprint density at radius 1 is 1.12 bits per heavy atom. The normalized spacial score (nSPS) is 15.7. The number of aryl methyl sites for hydroxylation is 2. The zero-order chi connectivity index (χ0) is 18.1. The van der Waals surface area contributed by atoms with Crippen LogP contribution < -0.4 is 0 Å². The summed E-state index contributed by atoms with van der Waals surface area (Å²) in [6.07, 6.45) is 1.10. The first-order chi connectivity index (χ1) is 12.6. The zero-order valence-electron chi connectivity index (χ0n) is 15.4. The molecule has 1 aliphatic heterocycles. The number of fused-ring (bicyclic) bond motifs is 1. The molecule has 1 fully saturated rings. The van der Waals surface area contributed by atoms with E-state index in [9.17, 15) is 4.79 Å². The Bertz CT molecular complexity index is 905. The average Bonchev–Trinajstić information content (AvgIpc) is 3.28. The van der Waals surface area contributed by atoms with Crippen molar-refractivity contribution in [3.05, 3.63) is 57.4 Å². The predicted molar refractivity (Wildman–Crippen MR) is 108 cm³/mol. The van der Waals surface area contributed by atoms with E-state index in [4.69, 9.17) is 0 Å². The van der Waals surface area contributed by atoms with Gasteiger partial charge in [-0.3, -0.25) is 9.69 Å². The number of hydrogen-bond donors (Lipinski definition) is 1. The van der Waals surface area contributed by atoms with E-state index in [-0.39, 0.29) is 5.91 Å². The second-order valence-electron chi connectivity index (χ2n) is 7.07. The molecule has 1 aliphatic rings. The summed E-state index contributed by atoms with van der Waals surface area (Å²) >= 11 is 1.82. The van der Waals surface area contributed by atoms with Crippen LogP contribution in [0.4, 0.5) is 0 Å². The van der Waals surface area contributed by atoms with Gasteiger partial charge in [-0.05, 0) is 43.3 Å². The summed E-state index contributed by atoms with van der Waals surface area (Å²) in [6, 6.07) is 10.3. The van der Waals surface area contributed by atoms with Crippen LogP contribution in [0.5, 0.6) is 0 Å². The molecule has 5 heteroatoms. The molecule has 26 heavy (non-hydrogen) atoms. The number of H-pyrrole nitrogens is 1. The van der Waals surface area contributed by atoms with Crippen molar-refractivity contribution in [2.45, 2.75) is 20.3 Å². The van der Waals surface area contributed by atoms with Crippen molar-refractivity contribution in [2.75, 3.05) is 32.7 Å². The van der Waals surface area contributed by atoms with E-state index >= 15 is 0 Å². The second-order valence-corrected chi connectivity index (χ2v) is 8.10. The number of hydrogen-bond acceptors (Lipinski definition) is 3. The molecule has 2 aromatic heterocycles. The highest BCUT2D eigenvalue weighted by Gasteiger charge is 2.24. The minimum atomic E-state index is 0.148. The molecule has 4 nitrogen and oxygen atoms in total. The van der Waals surface area contributed by atoms with Gasteiger partial charge in [0.05, 0.1) is 11.1 Å². The van der Waals surface area contributed by atoms with Gasteiger partial charge in [0.15, 0.2) is 0 Å². The fourth-order valence-corrected chi connectivity index (χ4v) is 4.43. The number of carbonyl (C=O) groups excluding carboxylic acids is 1. The molecule has 136 valence electrons. The maximum atomic E-state index is 13.1. The lowest BCUT2D eigenvalue weighted by Gasteiger charge is -2.34. The Labute approximate surface area is 158 Å². The Balaban J connectivity index is 1.41. The van der Waals surface area contributed by atoms with Gasteiger partial charge in [0, 0.05) is 48.7 Å². The number of para-hydroxylation sites is 1. The third-order valence-electron chi connectivity index (χ3n) is 5.49. The van der Waals surface area contributed by atoms with Crippen molar-refractivity contribution in [1.29, 1.82) is 0 Å². The van der Waals surface area contributed by atoms with Crippen molar-refractivity contribution >= 4 is 28.1 Å². The van der Waals surface area contributed by atoms with Gasteiger partial charge in [0.2, 0.25) is 0 Å². The van der Waals surface area contributed by atoms with Crippen molar-refractivity contribution in [3.8, 4) is 0 Å². The van der Waals surface area contributed by atoms with Gasteiger partial charge < -0.3 is 9.88 Å². The standard InChI is InChI=1S/C21H25N3OS/c1-15-16(2)22-20-18(15)6-3-7-19(20)21(25)24-12-10-23(11-13-24)9-8-17-5-4-14-26-17/h3-7,14,22H,8-13H2,1-2H3. The fourth-order valence-electron chi connectivity index (χ4n) is 3.73. The summed E-state index contributed by atoms with van der Waals surface area (Å²) in [4.78, 5) is 22.4. The number of rotatable bonds is 4. The molecule has 1 amide bonds. The molecule has 3 heterocycles. The average molecular weight is 368 g/mol. The van der Waals surface area contributed by atoms with Crippen LogP contribution in [0.15, 0.2) is 35.7 Å². The van der Waals surface area contributed by atoms with Crippen LogP contribution in [0.2, 0.25) is 0 Å². The van der Waals surface area contributed by atoms with Crippen molar-refractivity contribution in [2.24, 2.45) is 0 Å². The van der Waals surface area contributed by atoms with E-state index in [0.29, 0.717) is 0 Å². The largest absolute Gasteiger partial charge is 0.358 e. The molecule has 0 spiro atoms. The zero-order valence-corrected chi connectivity index (χ0v) is 16.2. The van der Waals surface area contributed by atoms with E-state index < -0.39 is 0 Å². The summed E-state index contributed by atoms with van der Waals surface area (Å²) in [7, 11) is 0. The fraction of sp³-hybridized carbons (Fsp3) is 0.381. The molecule has 0 atom stereocenters. The maximum absolute atomic E-state index is 13.1. The number of aromatic nitrogens is 1. The van der Waals surface area contributed by atoms with Gasteiger partial charge in [-0.1, -0.05) is 18.2 Å². The Kier molecular flexibility index (Phi) is 4.83. The van der Waals surface area contributed by atoms with Crippen molar-refractivity contribution < 1.29 is 4.79 Å². The van der Waals surface area contributed by atoms with Crippen molar-refractivity contribution in [3.63, 3.8) is 0 Å². The highest BCUT2D eigenvalue weighted by Crippen LogP contribution is 2.25. The molecule has 4 rings (SSSR count). The summed E-state index contributed by atoms with van der Waals surface area (Å²) in [5, 5.41) is 3.29. The van der Waals surface area contributed by atoms with E-state index in [1.165, 1.54) is 10.4 Å². The Hall–Kier alpha value is -2.11. The number of nitrogens with zero attached hydrogens (tertiary/aromatic N) is 2. The molecule has 0 bridgehead atoms. The lowest BCUT2D eigenvalue weighted by molar-refractivity contribution is 0.0640. The third kappa shape index (κ3) is 3.29. The van der Waals surface area contributed by atoms with Crippen LogP contribution in [0.1, 0.15) is 26.5 Å².